The van der Waals surface area contributed by atoms with Gasteiger partial charge in [-0.05, 0) is 6.42 Å². The van der Waals surface area contributed by atoms with E-state index in [1.54, 1.807) is 0 Å². The van der Waals surface area contributed by atoms with Crippen LogP contribution in [0.25, 0.3) is 0 Å². The van der Waals surface area contributed by atoms with Crippen LogP contribution in [0.2, 0.25) is 0 Å². The van der Waals surface area contributed by atoms with Crippen LogP contribution in [0.3, 0.4) is 0 Å². The number of ether oxygens (including phenoxy) is 1. The van der Waals surface area contributed by atoms with Gasteiger partial charge in [0.2, 0.25) is 6.41 Å². The van der Waals surface area contributed by atoms with Gasteiger partial charge in [0, 0.05) is 13.0 Å². The van der Waals surface area contributed by atoms with E-state index in [-0.39, 0.29) is 19.4 Å². The van der Waals surface area contributed by atoms with Crippen molar-refractivity contribution in [3.63, 3.8) is 0 Å². The molecule has 1 N–H and O–H groups in total. The molecule has 74 valence electrons. The van der Waals surface area contributed by atoms with Gasteiger partial charge in [0.15, 0.2) is 0 Å². The molecule has 2 amide bonds. The molecule has 0 aromatic heterocycles. The lowest BCUT2D eigenvalue weighted by Crippen LogP contribution is -2.30. The van der Waals surface area contributed by atoms with Gasteiger partial charge >= 0.3 is 12.1 Å². The maximum absolute atomic E-state index is 10.7. The molecule has 0 aliphatic rings. The fourth-order valence-corrected chi connectivity index (χ4v) is 0.705. The van der Waals surface area contributed by atoms with Crippen molar-refractivity contribution in [3.05, 3.63) is 0 Å². The molecule has 0 aromatic rings. The van der Waals surface area contributed by atoms with Crippen molar-refractivity contribution >= 4 is 18.5 Å². The van der Waals surface area contributed by atoms with Crippen LogP contribution in [0.1, 0.15) is 12.8 Å². The highest BCUT2D eigenvalue weighted by atomic mass is 16.5. The van der Waals surface area contributed by atoms with Gasteiger partial charge in [-0.2, -0.15) is 0 Å². The first-order chi connectivity index (χ1) is 6.11. The van der Waals surface area contributed by atoms with Crippen LogP contribution in [0, 0.1) is 0 Å². The van der Waals surface area contributed by atoms with Crippen LogP contribution in [-0.4, -0.2) is 42.1 Å². The maximum atomic E-state index is 10.7. The third-order valence-corrected chi connectivity index (χ3v) is 1.33. The maximum Gasteiger partial charge on any atom is 0.416 e. The van der Waals surface area contributed by atoms with Gasteiger partial charge in [0.25, 0.3) is 0 Å². The first-order valence-electron chi connectivity index (χ1n) is 3.63. The molecule has 0 aliphatic heterocycles. The van der Waals surface area contributed by atoms with Crippen molar-refractivity contribution in [1.82, 2.24) is 4.90 Å². The van der Waals surface area contributed by atoms with Crippen LogP contribution in [0.5, 0.6) is 0 Å². The zero-order valence-electron chi connectivity index (χ0n) is 7.23. The minimum absolute atomic E-state index is 0.0580. The molecule has 0 rings (SSSR count). The van der Waals surface area contributed by atoms with E-state index in [1.165, 1.54) is 0 Å². The fraction of sp³-hybridized carbons (Fsp3) is 0.571. The SMILES string of the molecule is COC(=O)N(C=O)CCCC(=O)O. The normalized spacial score (nSPS) is 9.00. The highest BCUT2D eigenvalue weighted by Gasteiger charge is 2.11. The molecule has 0 aromatic carbocycles. The molecule has 0 atom stereocenters. The number of carboxylic acids is 1. The number of hydrogen-bond donors (Lipinski definition) is 1. The molecule has 0 heterocycles. The third-order valence-electron chi connectivity index (χ3n) is 1.33. The largest absolute Gasteiger partial charge is 0.481 e. The van der Waals surface area contributed by atoms with Gasteiger partial charge in [-0.25, -0.2) is 4.79 Å². The Kier molecular flexibility index (Phi) is 5.25. The van der Waals surface area contributed by atoms with E-state index in [1.807, 2.05) is 0 Å². The molecule has 6 heteroatoms. The van der Waals surface area contributed by atoms with Crippen LogP contribution in [0.4, 0.5) is 4.79 Å². The summed E-state index contributed by atoms with van der Waals surface area (Å²) >= 11 is 0. The van der Waals surface area contributed by atoms with E-state index in [0.29, 0.717) is 6.41 Å². The molecule has 0 spiro atoms. The van der Waals surface area contributed by atoms with Gasteiger partial charge < -0.3 is 9.84 Å². The first-order valence-corrected chi connectivity index (χ1v) is 3.63. The number of methoxy groups -OCH3 is 1. The summed E-state index contributed by atoms with van der Waals surface area (Å²) in [5.74, 6) is -0.962. The predicted molar refractivity (Wildman–Crippen MR) is 42.0 cm³/mol. The topological polar surface area (TPSA) is 83.9 Å². The number of hydrogen-bond acceptors (Lipinski definition) is 4. The molecule has 0 saturated heterocycles. The average molecular weight is 189 g/mol. The van der Waals surface area contributed by atoms with E-state index in [0.717, 1.165) is 12.0 Å². The van der Waals surface area contributed by atoms with E-state index >= 15 is 0 Å². The zero-order chi connectivity index (χ0) is 10.3. The lowest BCUT2D eigenvalue weighted by atomic mass is 10.3. The number of rotatable bonds is 5. The molecule has 0 radical (unpaired) electrons. The number of amides is 2. The molecule has 0 unspecified atom stereocenters. The number of carbonyl (C=O) groups is 3. The standard InChI is InChI=1S/C7H11NO5/c1-13-7(12)8(5-9)4-2-3-6(10)11/h5H,2-4H2,1H3,(H,10,11). The molecular formula is C7H11NO5. The monoisotopic (exact) mass is 189 g/mol. The van der Waals surface area contributed by atoms with Crippen molar-refractivity contribution in [3.8, 4) is 0 Å². The molecule has 0 saturated carbocycles. The van der Waals surface area contributed by atoms with Crippen LogP contribution >= 0.6 is 0 Å². The van der Waals surface area contributed by atoms with Crippen molar-refractivity contribution in [2.45, 2.75) is 12.8 Å². The van der Waals surface area contributed by atoms with E-state index < -0.39 is 12.1 Å². The lowest BCUT2D eigenvalue weighted by Gasteiger charge is -2.12. The van der Waals surface area contributed by atoms with E-state index in [2.05, 4.69) is 4.74 Å². The molecule has 13 heavy (non-hydrogen) atoms. The lowest BCUT2D eigenvalue weighted by molar-refractivity contribution is -0.137. The van der Waals surface area contributed by atoms with Crippen molar-refractivity contribution < 1.29 is 24.2 Å². The first kappa shape index (κ1) is 11.4. The smallest absolute Gasteiger partial charge is 0.416 e. The zero-order valence-corrected chi connectivity index (χ0v) is 7.23. The van der Waals surface area contributed by atoms with Gasteiger partial charge in [0.05, 0.1) is 7.11 Å². The summed E-state index contributed by atoms with van der Waals surface area (Å²) in [4.78, 5) is 31.9. The van der Waals surface area contributed by atoms with Crippen LogP contribution in [-0.2, 0) is 14.3 Å². The summed E-state index contributed by atoms with van der Waals surface area (Å²) in [6, 6.07) is 0. The molecule has 6 nitrogen and oxygen atoms in total. The minimum Gasteiger partial charge on any atom is -0.481 e. The summed E-state index contributed by atoms with van der Waals surface area (Å²) in [6.07, 6.45) is -0.321. The number of nitrogens with zero attached hydrogens (tertiary/aromatic N) is 1. The summed E-state index contributed by atoms with van der Waals surface area (Å²) in [5, 5.41) is 8.27. The Bertz CT molecular complexity index is 203. The number of carboxylic acid groups (broad SMARTS) is 1. The third kappa shape index (κ3) is 4.78. The summed E-state index contributed by atoms with van der Waals surface area (Å²) in [6.45, 7) is 0.0580. The second-order valence-corrected chi connectivity index (χ2v) is 2.27. The minimum atomic E-state index is -0.962. The second-order valence-electron chi connectivity index (χ2n) is 2.27. The second kappa shape index (κ2) is 5.99. The predicted octanol–water partition coefficient (Wildman–Crippen LogP) is 0.0760. The quantitative estimate of drug-likeness (QED) is 0.619. The molecule has 0 fully saturated rings. The Balaban J connectivity index is 3.79. The van der Waals surface area contributed by atoms with Crippen LogP contribution < -0.4 is 0 Å². The Labute approximate surface area is 75.1 Å². The molecule has 0 bridgehead atoms. The van der Waals surface area contributed by atoms with Gasteiger partial charge in [0.1, 0.15) is 0 Å². The fourth-order valence-electron chi connectivity index (χ4n) is 0.705. The Morgan fingerprint density at radius 3 is 2.54 bits per heavy atom. The summed E-state index contributed by atoms with van der Waals surface area (Å²) < 4.78 is 4.27. The number of aliphatic carboxylic acids is 1. The molecule has 0 aliphatic carbocycles. The van der Waals surface area contributed by atoms with Gasteiger partial charge in [-0.1, -0.05) is 0 Å². The van der Waals surface area contributed by atoms with Gasteiger partial charge in [-0.3, -0.25) is 14.5 Å². The Morgan fingerprint density at radius 1 is 1.54 bits per heavy atom. The highest BCUT2D eigenvalue weighted by molar-refractivity contribution is 5.80. The van der Waals surface area contributed by atoms with Crippen molar-refractivity contribution in [1.29, 1.82) is 0 Å². The van der Waals surface area contributed by atoms with Crippen molar-refractivity contribution in [2.24, 2.45) is 0 Å². The summed E-state index contributed by atoms with van der Waals surface area (Å²) in [5.41, 5.74) is 0. The Morgan fingerprint density at radius 2 is 2.15 bits per heavy atom. The van der Waals surface area contributed by atoms with Crippen molar-refractivity contribution in [2.75, 3.05) is 13.7 Å². The highest BCUT2D eigenvalue weighted by Crippen LogP contribution is 1.95. The van der Waals surface area contributed by atoms with Gasteiger partial charge in [-0.15, -0.1) is 0 Å². The average Bonchev–Trinajstić information content (AvgIpc) is 2.11. The number of imide groups is 1. The van der Waals surface area contributed by atoms with Crippen LogP contribution in [0.15, 0.2) is 0 Å². The molecular weight excluding hydrogens is 178 g/mol. The van der Waals surface area contributed by atoms with E-state index in [9.17, 15) is 14.4 Å². The summed E-state index contributed by atoms with van der Waals surface area (Å²) in [7, 11) is 1.15. The van der Waals surface area contributed by atoms with E-state index in [4.69, 9.17) is 5.11 Å². The Hall–Kier alpha value is -1.59. The number of carbonyl (C=O) groups excluding carboxylic acids is 2.